The molecule has 0 unspecified atom stereocenters. The van der Waals surface area contributed by atoms with Crippen molar-refractivity contribution in [2.75, 3.05) is 7.11 Å². The number of esters is 2. The maximum atomic E-state index is 13.4. The number of ether oxygens (including phenoxy) is 2. The first kappa shape index (κ1) is 16.6. The van der Waals surface area contributed by atoms with Crippen molar-refractivity contribution in [3.8, 4) is 5.75 Å². The van der Waals surface area contributed by atoms with E-state index in [1.54, 1.807) is 0 Å². The zero-order valence-corrected chi connectivity index (χ0v) is 12.3. The van der Waals surface area contributed by atoms with Gasteiger partial charge in [-0.1, -0.05) is 0 Å². The Labute approximate surface area is 131 Å². The molecule has 2 rings (SSSR count). The van der Waals surface area contributed by atoms with E-state index >= 15 is 0 Å². The van der Waals surface area contributed by atoms with Crippen LogP contribution in [-0.4, -0.2) is 19.0 Å². The molecule has 0 aromatic heterocycles. The summed E-state index contributed by atoms with van der Waals surface area (Å²) in [5, 5.41) is 0. The predicted molar refractivity (Wildman–Crippen MR) is 78.1 cm³/mol. The van der Waals surface area contributed by atoms with Crippen LogP contribution >= 0.6 is 0 Å². The average molecular weight is 320 g/mol. The number of rotatable bonds is 5. The summed E-state index contributed by atoms with van der Waals surface area (Å²) in [4.78, 5) is 23.0. The molecular weight excluding hydrogens is 306 g/mol. The van der Waals surface area contributed by atoms with Crippen molar-refractivity contribution >= 4 is 11.9 Å². The molecule has 0 radical (unpaired) electrons. The SMILES string of the molecule is COC(=O)c1ccc(OC(=O)CCc2cc(F)ccc2F)cc1. The van der Waals surface area contributed by atoms with Gasteiger partial charge in [-0.05, 0) is 54.4 Å². The monoisotopic (exact) mass is 320 g/mol. The number of carbonyl (C=O) groups is 2. The average Bonchev–Trinajstić information content (AvgIpc) is 2.55. The normalized spacial score (nSPS) is 10.2. The van der Waals surface area contributed by atoms with E-state index in [2.05, 4.69) is 4.74 Å². The molecule has 120 valence electrons. The number of carbonyl (C=O) groups excluding carboxylic acids is 2. The van der Waals surface area contributed by atoms with Crippen LogP contribution in [0.4, 0.5) is 8.78 Å². The first-order chi connectivity index (χ1) is 11.0. The van der Waals surface area contributed by atoms with Crippen LogP contribution in [0.15, 0.2) is 42.5 Å². The van der Waals surface area contributed by atoms with E-state index < -0.39 is 23.6 Å². The standard InChI is InChI=1S/C17H14F2O4/c1-22-17(21)11-2-6-14(7-3-11)23-16(20)9-4-12-10-13(18)5-8-15(12)19/h2-3,5-8,10H,4,9H2,1H3. The molecule has 2 aromatic carbocycles. The first-order valence-electron chi connectivity index (χ1n) is 6.82. The zero-order chi connectivity index (χ0) is 16.8. The second-order valence-corrected chi connectivity index (χ2v) is 4.73. The highest BCUT2D eigenvalue weighted by molar-refractivity contribution is 5.89. The summed E-state index contributed by atoms with van der Waals surface area (Å²) >= 11 is 0. The van der Waals surface area contributed by atoms with E-state index in [1.807, 2.05) is 0 Å². The smallest absolute Gasteiger partial charge is 0.337 e. The van der Waals surface area contributed by atoms with Crippen LogP contribution in [0.1, 0.15) is 22.3 Å². The largest absolute Gasteiger partial charge is 0.465 e. The van der Waals surface area contributed by atoms with Crippen LogP contribution in [-0.2, 0) is 16.0 Å². The van der Waals surface area contributed by atoms with Crippen LogP contribution in [0.3, 0.4) is 0 Å². The molecule has 0 atom stereocenters. The lowest BCUT2D eigenvalue weighted by atomic mass is 10.1. The van der Waals surface area contributed by atoms with Gasteiger partial charge in [0, 0.05) is 0 Å². The van der Waals surface area contributed by atoms with E-state index in [4.69, 9.17) is 4.74 Å². The Kier molecular flexibility index (Phi) is 5.41. The van der Waals surface area contributed by atoms with Gasteiger partial charge in [0.05, 0.1) is 19.1 Å². The molecule has 6 heteroatoms. The van der Waals surface area contributed by atoms with Gasteiger partial charge in [-0.2, -0.15) is 0 Å². The maximum absolute atomic E-state index is 13.4. The maximum Gasteiger partial charge on any atom is 0.337 e. The first-order valence-corrected chi connectivity index (χ1v) is 6.82. The van der Waals surface area contributed by atoms with Crippen molar-refractivity contribution in [1.82, 2.24) is 0 Å². The fourth-order valence-electron chi connectivity index (χ4n) is 1.93. The van der Waals surface area contributed by atoms with E-state index in [9.17, 15) is 18.4 Å². The minimum Gasteiger partial charge on any atom is -0.465 e. The van der Waals surface area contributed by atoms with Crippen LogP contribution in [0.25, 0.3) is 0 Å². The molecule has 0 bridgehead atoms. The third kappa shape index (κ3) is 4.60. The van der Waals surface area contributed by atoms with Gasteiger partial charge in [0.25, 0.3) is 0 Å². The lowest BCUT2D eigenvalue weighted by molar-refractivity contribution is -0.134. The summed E-state index contributed by atoms with van der Waals surface area (Å²) in [5.41, 5.74) is 0.442. The van der Waals surface area contributed by atoms with Crippen molar-refractivity contribution in [2.45, 2.75) is 12.8 Å². The molecule has 4 nitrogen and oxygen atoms in total. The number of aryl methyl sites for hydroxylation is 1. The lowest BCUT2D eigenvalue weighted by Crippen LogP contribution is -2.10. The molecule has 0 aliphatic heterocycles. The highest BCUT2D eigenvalue weighted by Gasteiger charge is 2.10. The molecule has 0 aliphatic carbocycles. The van der Waals surface area contributed by atoms with E-state index in [-0.39, 0.29) is 24.2 Å². The molecule has 2 aromatic rings. The van der Waals surface area contributed by atoms with Gasteiger partial charge in [-0.25, -0.2) is 13.6 Å². The summed E-state index contributed by atoms with van der Waals surface area (Å²) in [6, 6.07) is 8.90. The van der Waals surface area contributed by atoms with Gasteiger partial charge in [-0.15, -0.1) is 0 Å². The Morgan fingerprint density at radius 2 is 1.74 bits per heavy atom. The molecule has 0 saturated heterocycles. The summed E-state index contributed by atoms with van der Waals surface area (Å²) < 4.78 is 36.1. The molecule has 0 N–H and O–H groups in total. The highest BCUT2D eigenvalue weighted by Crippen LogP contribution is 2.15. The fraction of sp³-hybridized carbons (Fsp3) is 0.176. The summed E-state index contributed by atoms with van der Waals surface area (Å²) in [7, 11) is 1.27. The Balaban J connectivity index is 1.92. The van der Waals surface area contributed by atoms with Crippen molar-refractivity contribution in [3.05, 3.63) is 65.2 Å². The quantitative estimate of drug-likeness (QED) is 0.626. The van der Waals surface area contributed by atoms with E-state index in [0.717, 1.165) is 18.2 Å². The Hall–Kier alpha value is -2.76. The van der Waals surface area contributed by atoms with Gasteiger partial charge in [-0.3, -0.25) is 4.79 Å². The number of benzene rings is 2. The summed E-state index contributed by atoms with van der Waals surface area (Å²) in [6.07, 6.45) is -0.0677. The highest BCUT2D eigenvalue weighted by atomic mass is 19.1. The van der Waals surface area contributed by atoms with Crippen molar-refractivity contribution < 1.29 is 27.8 Å². The molecular formula is C17H14F2O4. The lowest BCUT2D eigenvalue weighted by Gasteiger charge is -2.06. The predicted octanol–water partition coefficient (Wildman–Crippen LogP) is 3.29. The van der Waals surface area contributed by atoms with Crippen molar-refractivity contribution in [1.29, 1.82) is 0 Å². The van der Waals surface area contributed by atoms with Gasteiger partial charge >= 0.3 is 11.9 Å². The number of methoxy groups -OCH3 is 1. The zero-order valence-electron chi connectivity index (χ0n) is 12.3. The number of hydrogen-bond acceptors (Lipinski definition) is 4. The minimum atomic E-state index is -0.584. The number of hydrogen-bond donors (Lipinski definition) is 0. The summed E-state index contributed by atoms with van der Waals surface area (Å²) in [6.45, 7) is 0. The fourth-order valence-corrected chi connectivity index (χ4v) is 1.93. The van der Waals surface area contributed by atoms with E-state index in [1.165, 1.54) is 31.4 Å². The summed E-state index contributed by atoms with van der Waals surface area (Å²) in [5.74, 6) is -1.96. The Morgan fingerprint density at radius 3 is 2.39 bits per heavy atom. The molecule has 0 saturated carbocycles. The molecule has 0 heterocycles. The van der Waals surface area contributed by atoms with Crippen molar-refractivity contribution in [3.63, 3.8) is 0 Å². The Bertz CT molecular complexity index is 711. The third-order valence-corrected chi connectivity index (χ3v) is 3.11. The third-order valence-electron chi connectivity index (χ3n) is 3.11. The van der Waals surface area contributed by atoms with Crippen LogP contribution in [0, 0.1) is 11.6 Å². The van der Waals surface area contributed by atoms with Gasteiger partial charge in [0.1, 0.15) is 17.4 Å². The van der Waals surface area contributed by atoms with Crippen LogP contribution in [0.5, 0.6) is 5.75 Å². The second kappa shape index (κ2) is 7.49. The molecule has 0 fully saturated rings. The van der Waals surface area contributed by atoms with Gasteiger partial charge in [0.15, 0.2) is 0 Å². The van der Waals surface area contributed by atoms with Gasteiger partial charge < -0.3 is 9.47 Å². The second-order valence-electron chi connectivity index (χ2n) is 4.73. The molecule has 0 aliphatic rings. The number of halogens is 2. The topological polar surface area (TPSA) is 52.6 Å². The van der Waals surface area contributed by atoms with E-state index in [0.29, 0.717) is 5.56 Å². The Morgan fingerprint density at radius 1 is 1.04 bits per heavy atom. The van der Waals surface area contributed by atoms with Crippen molar-refractivity contribution in [2.24, 2.45) is 0 Å². The molecule has 0 spiro atoms. The molecule has 0 amide bonds. The minimum absolute atomic E-state index is 0.0304. The van der Waals surface area contributed by atoms with Crippen LogP contribution in [0.2, 0.25) is 0 Å². The van der Waals surface area contributed by atoms with Crippen LogP contribution < -0.4 is 4.74 Å². The molecule has 23 heavy (non-hydrogen) atoms. The van der Waals surface area contributed by atoms with Gasteiger partial charge in [0.2, 0.25) is 0 Å².